The van der Waals surface area contributed by atoms with E-state index < -0.39 is 26.6 Å². The molecule has 0 amide bonds. The number of halogens is 2. The van der Waals surface area contributed by atoms with Gasteiger partial charge >= 0.3 is 0 Å². The van der Waals surface area contributed by atoms with Crippen LogP contribution in [0.15, 0.2) is 45.7 Å². The third kappa shape index (κ3) is 2.64. The maximum Gasteiger partial charge on any atom is 0.264 e. The minimum Gasteiger partial charge on any atom is -0.441 e. The van der Waals surface area contributed by atoms with Gasteiger partial charge in [-0.15, -0.1) is 0 Å². The first-order chi connectivity index (χ1) is 10.3. The van der Waals surface area contributed by atoms with Crippen molar-refractivity contribution in [2.75, 3.05) is 4.72 Å². The number of aryl methyl sites for hydroxylation is 1. The normalized spacial score (nSPS) is 11.8. The van der Waals surface area contributed by atoms with Crippen molar-refractivity contribution in [1.29, 1.82) is 0 Å². The van der Waals surface area contributed by atoms with Crippen molar-refractivity contribution in [2.45, 2.75) is 11.8 Å². The van der Waals surface area contributed by atoms with E-state index >= 15 is 0 Å². The molecular weight excluding hydrogens is 314 g/mol. The van der Waals surface area contributed by atoms with Crippen LogP contribution in [0.3, 0.4) is 0 Å². The van der Waals surface area contributed by atoms with Gasteiger partial charge in [-0.2, -0.15) is 0 Å². The molecule has 3 rings (SSSR count). The van der Waals surface area contributed by atoms with Gasteiger partial charge < -0.3 is 4.42 Å². The highest BCUT2D eigenvalue weighted by Gasteiger charge is 2.20. The van der Waals surface area contributed by atoms with Crippen LogP contribution in [0.1, 0.15) is 5.89 Å². The van der Waals surface area contributed by atoms with Crippen LogP contribution in [-0.4, -0.2) is 13.4 Å². The van der Waals surface area contributed by atoms with Crippen LogP contribution < -0.4 is 4.72 Å². The molecule has 0 aliphatic rings. The fourth-order valence-corrected chi connectivity index (χ4v) is 3.12. The molecule has 0 fully saturated rings. The van der Waals surface area contributed by atoms with Gasteiger partial charge in [0, 0.05) is 13.0 Å². The van der Waals surface area contributed by atoms with Crippen molar-refractivity contribution in [2.24, 2.45) is 0 Å². The molecule has 0 spiro atoms. The molecule has 1 N–H and O–H groups in total. The minimum absolute atomic E-state index is 0.199. The first-order valence-corrected chi connectivity index (χ1v) is 7.68. The molecule has 1 heterocycles. The highest BCUT2D eigenvalue weighted by Crippen LogP contribution is 2.23. The van der Waals surface area contributed by atoms with Gasteiger partial charge in [-0.1, -0.05) is 0 Å². The zero-order valence-corrected chi connectivity index (χ0v) is 12.1. The molecule has 0 atom stereocenters. The Bertz CT molecular complexity index is 967. The van der Waals surface area contributed by atoms with Crippen molar-refractivity contribution in [3.8, 4) is 0 Å². The zero-order valence-electron chi connectivity index (χ0n) is 11.3. The van der Waals surface area contributed by atoms with E-state index in [2.05, 4.69) is 9.71 Å². The van der Waals surface area contributed by atoms with Crippen molar-refractivity contribution in [1.82, 2.24) is 4.98 Å². The molecule has 0 radical (unpaired) electrons. The number of nitrogens with zero attached hydrogens (tertiary/aromatic N) is 1. The molecule has 114 valence electrons. The van der Waals surface area contributed by atoms with Gasteiger partial charge in [-0.25, -0.2) is 22.2 Å². The van der Waals surface area contributed by atoms with Gasteiger partial charge in [0.2, 0.25) is 0 Å². The number of hydrogen-bond acceptors (Lipinski definition) is 4. The minimum atomic E-state index is -4.17. The van der Waals surface area contributed by atoms with Gasteiger partial charge in [0.05, 0.1) is 5.69 Å². The molecule has 0 saturated heterocycles. The highest BCUT2D eigenvalue weighted by atomic mass is 32.2. The lowest BCUT2D eigenvalue weighted by Crippen LogP contribution is -2.14. The van der Waals surface area contributed by atoms with Crippen LogP contribution in [-0.2, 0) is 10.0 Å². The molecule has 2 aromatic carbocycles. The summed E-state index contributed by atoms with van der Waals surface area (Å²) in [5, 5.41) is 0. The quantitative estimate of drug-likeness (QED) is 0.803. The maximum absolute atomic E-state index is 13.6. The summed E-state index contributed by atoms with van der Waals surface area (Å²) in [6.07, 6.45) is 0. The van der Waals surface area contributed by atoms with Crippen LogP contribution in [0.2, 0.25) is 0 Å². The third-order valence-corrected chi connectivity index (χ3v) is 4.34. The Morgan fingerprint density at radius 3 is 2.64 bits per heavy atom. The summed E-state index contributed by atoms with van der Waals surface area (Å²) in [5.41, 5.74) is 1.18. The van der Waals surface area contributed by atoms with Crippen molar-refractivity contribution >= 4 is 26.8 Å². The Labute approximate surface area is 124 Å². The first-order valence-electron chi connectivity index (χ1n) is 6.20. The predicted molar refractivity (Wildman–Crippen MR) is 75.9 cm³/mol. The van der Waals surface area contributed by atoms with Crippen LogP contribution >= 0.6 is 0 Å². The second kappa shape index (κ2) is 5.06. The Morgan fingerprint density at radius 1 is 1.14 bits per heavy atom. The van der Waals surface area contributed by atoms with Crippen LogP contribution in [0.4, 0.5) is 14.5 Å². The van der Waals surface area contributed by atoms with Gasteiger partial charge in [-0.05, 0) is 30.3 Å². The summed E-state index contributed by atoms with van der Waals surface area (Å²) in [7, 11) is -4.17. The maximum atomic E-state index is 13.6. The Hall–Kier alpha value is -2.48. The molecule has 0 unspecified atom stereocenters. The fourth-order valence-electron chi connectivity index (χ4n) is 2.01. The molecule has 3 aromatic rings. The van der Waals surface area contributed by atoms with Gasteiger partial charge in [-0.3, -0.25) is 4.72 Å². The van der Waals surface area contributed by atoms with E-state index in [0.717, 1.165) is 12.1 Å². The number of benzene rings is 2. The predicted octanol–water partition coefficient (Wildman–Crippen LogP) is 3.22. The number of nitrogens with one attached hydrogen (secondary N) is 1. The van der Waals surface area contributed by atoms with Crippen LogP contribution in [0.5, 0.6) is 0 Å². The molecule has 0 saturated carbocycles. The zero-order chi connectivity index (χ0) is 15.9. The largest absolute Gasteiger partial charge is 0.441 e. The molecule has 5 nitrogen and oxygen atoms in total. The highest BCUT2D eigenvalue weighted by molar-refractivity contribution is 7.92. The van der Waals surface area contributed by atoms with E-state index in [-0.39, 0.29) is 5.69 Å². The Balaban J connectivity index is 1.98. The lowest BCUT2D eigenvalue weighted by Gasteiger charge is -2.08. The van der Waals surface area contributed by atoms with E-state index in [1.54, 1.807) is 13.0 Å². The second-order valence-corrected chi connectivity index (χ2v) is 6.25. The number of rotatable bonds is 3. The number of anilines is 1. The average Bonchev–Trinajstić information content (AvgIpc) is 2.77. The van der Waals surface area contributed by atoms with Gasteiger partial charge in [0.15, 0.2) is 11.5 Å². The van der Waals surface area contributed by atoms with Crippen molar-refractivity contribution in [3.05, 3.63) is 53.9 Å². The smallest absolute Gasteiger partial charge is 0.264 e. The Morgan fingerprint density at radius 2 is 1.91 bits per heavy atom. The third-order valence-electron chi connectivity index (χ3n) is 2.93. The lowest BCUT2D eigenvalue weighted by atomic mass is 10.3. The molecule has 8 heteroatoms. The molecule has 1 aromatic heterocycles. The summed E-state index contributed by atoms with van der Waals surface area (Å²) in [5.74, 6) is -1.57. The summed E-state index contributed by atoms with van der Waals surface area (Å²) < 4.78 is 58.3. The van der Waals surface area contributed by atoms with Gasteiger partial charge in [0.1, 0.15) is 22.0 Å². The van der Waals surface area contributed by atoms with E-state index in [4.69, 9.17) is 4.42 Å². The number of hydrogen-bond donors (Lipinski definition) is 1. The molecular formula is C14H10F2N2O3S. The van der Waals surface area contributed by atoms with E-state index in [1.165, 1.54) is 12.1 Å². The topological polar surface area (TPSA) is 72.2 Å². The molecule has 0 bridgehead atoms. The van der Waals surface area contributed by atoms with Crippen molar-refractivity contribution in [3.63, 3.8) is 0 Å². The van der Waals surface area contributed by atoms with E-state index in [9.17, 15) is 17.2 Å². The fraction of sp³-hybridized carbons (Fsp3) is 0.0714. The monoisotopic (exact) mass is 324 g/mol. The number of oxazole rings is 1. The standard InChI is InChI=1S/C14H10F2N2O3S/c1-8-17-12-7-10(3-4-13(12)21-8)18-22(19,20)14-5-2-9(15)6-11(14)16/h2-7,18H,1H3. The SMILES string of the molecule is Cc1nc2cc(NS(=O)(=O)c3ccc(F)cc3F)ccc2o1. The van der Waals surface area contributed by atoms with Gasteiger partial charge in [0.25, 0.3) is 10.0 Å². The number of aromatic nitrogens is 1. The number of sulfonamides is 1. The van der Waals surface area contributed by atoms with E-state index in [1.807, 2.05) is 0 Å². The summed E-state index contributed by atoms with van der Waals surface area (Å²) in [4.78, 5) is 3.45. The molecule has 0 aliphatic carbocycles. The average molecular weight is 324 g/mol. The van der Waals surface area contributed by atoms with E-state index in [0.29, 0.717) is 23.1 Å². The molecule has 0 aliphatic heterocycles. The number of fused-ring (bicyclic) bond motifs is 1. The summed E-state index contributed by atoms with van der Waals surface area (Å²) >= 11 is 0. The van der Waals surface area contributed by atoms with Crippen LogP contribution in [0, 0.1) is 18.6 Å². The van der Waals surface area contributed by atoms with Crippen molar-refractivity contribution < 1.29 is 21.6 Å². The first kappa shape index (κ1) is 14.5. The summed E-state index contributed by atoms with van der Waals surface area (Å²) in [6, 6.07) is 6.73. The lowest BCUT2D eigenvalue weighted by molar-refractivity contribution is 0.551. The summed E-state index contributed by atoms with van der Waals surface area (Å²) in [6.45, 7) is 1.66. The molecule has 22 heavy (non-hydrogen) atoms. The van der Waals surface area contributed by atoms with Crippen LogP contribution in [0.25, 0.3) is 11.1 Å². The second-order valence-electron chi connectivity index (χ2n) is 4.60. The Kier molecular flexibility index (Phi) is 3.32.